The Morgan fingerprint density at radius 3 is 0.833 bits per heavy atom. The van der Waals surface area contributed by atoms with Gasteiger partial charge in [0.1, 0.15) is 0 Å². The van der Waals surface area contributed by atoms with Gasteiger partial charge in [-0.2, -0.15) is 0 Å². The van der Waals surface area contributed by atoms with Gasteiger partial charge in [-0.3, -0.25) is 0 Å². The maximum Gasteiger partial charge on any atom is 1.00 e. The third-order valence-electron chi connectivity index (χ3n) is 0. The van der Waals surface area contributed by atoms with Crippen molar-refractivity contribution in [3.63, 3.8) is 0 Å². The SMILES string of the molecule is O=C([O-])O.O=C([O-])O.[Cl-].[Na+].[Na+].[Na+]. The zero-order chi connectivity index (χ0) is 7.15. The maximum absolute atomic E-state index is 8.44. The van der Waals surface area contributed by atoms with Gasteiger partial charge in [-0.25, -0.2) is 0 Å². The minimum atomic E-state index is -2.08. The molecule has 12 heavy (non-hydrogen) atoms. The van der Waals surface area contributed by atoms with E-state index in [2.05, 4.69) is 0 Å². The molecule has 0 aliphatic rings. The van der Waals surface area contributed by atoms with Crippen LogP contribution in [0.4, 0.5) is 9.59 Å². The molecule has 10 heteroatoms. The predicted octanol–water partition coefficient (Wildman–Crippen LogP) is -14.2. The summed E-state index contributed by atoms with van der Waals surface area (Å²) in [5.41, 5.74) is 0. The molecule has 0 fully saturated rings. The monoisotopic (exact) mass is 226 g/mol. The van der Waals surface area contributed by atoms with Crippen molar-refractivity contribution in [2.24, 2.45) is 0 Å². The van der Waals surface area contributed by atoms with Crippen LogP contribution in [0.15, 0.2) is 0 Å². The first-order valence-corrected chi connectivity index (χ1v) is 1.26. The second-order valence-corrected chi connectivity index (χ2v) is 0.532. The Bertz CT molecular complexity index is 78.8. The molecule has 0 atom stereocenters. The molecule has 6 nitrogen and oxygen atoms in total. The number of carbonyl (C=O) groups is 2. The van der Waals surface area contributed by atoms with Gasteiger partial charge in [0.05, 0.1) is 0 Å². The maximum atomic E-state index is 8.44. The van der Waals surface area contributed by atoms with E-state index in [1.165, 1.54) is 0 Å². The Kier molecular flexibility index (Phi) is 90.6. The molecule has 0 radical (unpaired) electrons. The fourth-order valence-electron chi connectivity index (χ4n) is 0. The van der Waals surface area contributed by atoms with Gasteiger partial charge in [-0.15, -0.1) is 0 Å². The van der Waals surface area contributed by atoms with E-state index in [0.717, 1.165) is 0 Å². The minimum absolute atomic E-state index is 0. The molecule has 2 N–H and O–H groups in total. The van der Waals surface area contributed by atoms with Gasteiger partial charge >= 0.3 is 88.7 Å². The number of hydrogen-bond acceptors (Lipinski definition) is 4. The summed E-state index contributed by atoms with van der Waals surface area (Å²) in [7, 11) is 0. The van der Waals surface area contributed by atoms with E-state index in [0.29, 0.717) is 0 Å². The topological polar surface area (TPSA) is 121 Å². The van der Waals surface area contributed by atoms with Crippen LogP contribution in [0, 0.1) is 0 Å². The second kappa shape index (κ2) is 29.3. The van der Waals surface area contributed by atoms with Crippen molar-refractivity contribution in [1.82, 2.24) is 0 Å². The normalized spacial score (nSPS) is 4.00. The van der Waals surface area contributed by atoms with E-state index < -0.39 is 12.3 Å². The molecule has 0 aromatic carbocycles. The van der Waals surface area contributed by atoms with Crippen molar-refractivity contribution in [2.75, 3.05) is 0 Å². The second-order valence-electron chi connectivity index (χ2n) is 0.532. The molecule has 0 heterocycles. The summed E-state index contributed by atoms with van der Waals surface area (Å²) < 4.78 is 0. The third-order valence-corrected chi connectivity index (χ3v) is 0. The average molecular weight is 226 g/mol. The summed E-state index contributed by atoms with van der Waals surface area (Å²) in [4.78, 5) is 16.9. The van der Waals surface area contributed by atoms with Gasteiger partial charge in [0, 0.05) is 0 Å². The summed E-state index contributed by atoms with van der Waals surface area (Å²) in [5.74, 6) is 0. The van der Waals surface area contributed by atoms with E-state index in [4.69, 9.17) is 30.0 Å². The van der Waals surface area contributed by atoms with E-state index in [-0.39, 0.29) is 101 Å². The van der Waals surface area contributed by atoms with E-state index in [1.807, 2.05) is 0 Å². The van der Waals surface area contributed by atoms with Crippen molar-refractivity contribution in [3.8, 4) is 0 Å². The van der Waals surface area contributed by atoms with Crippen LogP contribution in [-0.2, 0) is 0 Å². The molecule has 0 saturated heterocycles. The fourth-order valence-corrected chi connectivity index (χ4v) is 0. The van der Waals surface area contributed by atoms with Gasteiger partial charge in [0.2, 0.25) is 12.3 Å². The number of hydrogen-bond donors (Lipinski definition) is 2. The van der Waals surface area contributed by atoms with Gasteiger partial charge in [-0.1, -0.05) is 0 Å². The molecule has 0 spiro atoms. The van der Waals surface area contributed by atoms with Crippen LogP contribution >= 0.6 is 0 Å². The minimum Gasteiger partial charge on any atom is -1.00 e. The van der Waals surface area contributed by atoms with Crippen molar-refractivity contribution in [3.05, 3.63) is 0 Å². The molecule has 0 amide bonds. The standard InChI is InChI=1S/2CH2O3.ClH.3Na/c2*2-1(3)4;;;;/h2*(H2,2,3,4);1H;;;/q;;;3*+1/p-3. The van der Waals surface area contributed by atoms with Crippen LogP contribution in [0.3, 0.4) is 0 Å². The molecule has 0 bridgehead atoms. The molecule has 0 aliphatic carbocycles. The van der Waals surface area contributed by atoms with Crippen LogP contribution in [-0.4, -0.2) is 22.5 Å². The van der Waals surface area contributed by atoms with Crippen molar-refractivity contribution in [1.29, 1.82) is 0 Å². The Morgan fingerprint density at radius 1 is 0.833 bits per heavy atom. The average Bonchev–Trinajstić information content (AvgIpc) is 1.25. The Labute approximate surface area is 141 Å². The number of rotatable bonds is 0. The molecule has 0 unspecified atom stereocenters. The molecular formula is C2H2ClNa3O6. The van der Waals surface area contributed by atoms with Crippen LogP contribution in [0.25, 0.3) is 0 Å². The Morgan fingerprint density at radius 2 is 0.833 bits per heavy atom. The van der Waals surface area contributed by atoms with Gasteiger partial charge in [0.15, 0.2) is 0 Å². The molecule has 0 aliphatic heterocycles. The van der Waals surface area contributed by atoms with Crippen LogP contribution in [0.5, 0.6) is 0 Å². The van der Waals surface area contributed by atoms with E-state index in [9.17, 15) is 0 Å². The molecule has 0 rings (SSSR count). The summed E-state index contributed by atoms with van der Waals surface area (Å²) in [6.07, 6.45) is -4.17. The zero-order valence-corrected chi connectivity index (χ0v) is 13.7. The molecule has 0 aromatic rings. The number of carboxylic acid groups (broad SMARTS) is 4. The summed E-state index contributed by atoms with van der Waals surface area (Å²) in [6.45, 7) is 0. The Hall–Kier alpha value is 1.83. The first-order chi connectivity index (χ1) is 3.46. The first-order valence-electron chi connectivity index (χ1n) is 1.26. The van der Waals surface area contributed by atoms with Crippen LogP contribution in [0.1, 0.15) is 0 Å². The zero-order valence-electron chi connectivity index (χ0n) is 6.91. The van der Waals surface area contributed by atoms with Gasteiger partial charge in [0.25, 0.3) is 0 Å². The van der Waals surface area contributed by atoms with Crippen molar-refractivity contribution >= 4 is 12.3 Å². The third kappa shape index (κ3) is 414. The molecule has 0 aromatic heterocycles. The van der Waals surface area contributed by atoms with Crippen molar-refractivity contribution < 1.29 is 131 Å². The number of halogens is 1. The van der Waals surface area contributed by atoms with E-state index >= 15 is 0 Å². The summed E-state index contributed by atoms with van der Waals surface area (Å²) >= 11 is 0. The van der Waals surface area contributed by atoms with Crippen LogP contribution < -0.4 is 111 Å². The summed E-state index contributed by atoms with van der Waals surface area (Å²) in [6, 6.07) is 0. The Balaban J connectivity index is -0.0000000112. The molecular weight excluding hydrogens is 224 g/mol. The molecule has 0 saturated carbocycles. The van der Waals surface area contributed by atoms with Crippen molar-refractivity contribution in [2.45, 2.75) is 0 Å². The molecule has 56 valence electrons. The first kappa shape index (κ1) is 37.1. The summed E-state index contributed by atoms with van der Waals surface area (Å²) in [5, 5.41) is 30.6. The van der Waals surface area contributed by atoms with Gasteiger partial charge in [-0.05, 0) is 0 Å². The van der Waals surface area contributed by atoms with E-state index in [1.54, 1.807) is 0 Å². The fraction of sp³-hybridized carbons (Fsp3) is 0. The predicted molar refractivity (Wildman–Crippen MR) is 16.0 cm³/mol. The quantitative estimate of drug-likeness (QED) is 0.396. The smallest absolute Gasteiger partial charge is 1.00 e. The largest absolute Gasteiger partial charge is 1.00 e. The van der Waals surface area contributed by atoms with Crippen LogP contribution in [0.2, 0.25) is 0 Å². The van der Waals surface area contributed by atoms with Gasteiger partial charge < -0.3 is 42.4 Å².